The molecule has 72 valence electrons. The van der Waals surface area contributed by atoms with Crippen molar-refractivity contribution in [2.75, 3.05) is 13.6 Å². The molecule has 0 bridgehead atoms. The molecule has 1 aromatic rings. The first-order valence-corrected chi connectivity index (χ1v) is 4.55. The topological polar surface area (TPSA) is 66.3 Å². The van der Waals surface area contributed by atoms with Crippen molar-refractivity contribution in [2.45, 2.75) is 13.0 Å². The van der Waals surface area contributed by atoms with E-state index in [1.165, 1.54) is 11.1 Å². The van der Waals surface area contributed by atoms with Crippen molar-refractivity contribution in [1.82, 2.24) is 13.6 Å². The molecule has 1 unspecified atom stereocenters. The van der Waals surface area contributed by atoms with Crippen molar-refractivity contribution < 1.29 is 9.90 Å². The van der Waals surface area contributed by atoms with Gasteiger partial charge in [-0.2, -0.15) is 8.75 Å². The Morgan fingerprint density at radius 1 is 1.85 bits per heavy atom. The minimum absolute atomic E-state index is 0.213. The van der Waals surface area contributed by atoms with E-state index in [1.807, 2.05) is 0 Å². The van der Waals surface area contributed by atoms with Crippen LogP contribution >= 0.6 is 11.7 Å². The van der Waals surface area contributed by atoms with Gasteiger partial charge in [0.15, 0.2) is 5.69 Å². The van der Waals surface area contributed by atoms with Crippen LogP contribution in [0.1, 0.15) is 17.4 Å². The third-order valence-corrected chi connectivity index (χ3v) is 1.94. The summed E-state index contributed by atoms with van der Waals surface area (Å²) >= 11 is 0.994. The molecule has 1 aromatic heterocycles. The fourth-order valence-corrected chi connectivity index (χ4v) is 1.34. The van der Waals surface area contributed by atoms with Crippen molar-refractivity contribution in [3.05, 3.63) is 11.9 Å². The number of aromatic nitrogens is 2. The van der Waals surface area contributed by atoms with Gasteiger partial charge in [0.25, 0.3) is 5.91 Å². The molecule has 1 heterocycles. The molecule has 6 heteroatoms. The molecule has 0 aromatic carbocycles. The molecule has 0 saturated carbocycles. The van der Waals surface area contributed by atoms with Crippen molar-refractivity contribution in [1.29, 1.82) is 0 Å². The lowest BCUT2D eigenvalue weighted by Gasteiger charge is -2.16. The number of nitrogens with zero attached hydrogens (tertiary/aromatic N) is 3. The van der Waals surface area contributed by atoms with Gasteiger partial charge >= 0.3 is 0 Å². The van der Waals surface area contributed by atoms with Crippen LogP contribution in [0.2, 0.25) is 0 Å². The molecule has 0 aliphatic carbocycles. The predicted octanol–water partition coefficient (Wildman–Crippen LogP) is -0.00910. The molecular weight excluding hydrogens is 190 g/mol. The Morgan fingerprint density at radius 3 is 3.00 bits per heavy atom. The van der Waals surface area contributed by atoms with Gasteiger partial charge in [-0.05, 0) is 6.92 Å². The SMILES string of the molecule is CC(O)CN(C)C(=O)c1cnsn1. The summed E-state index contributed by atoms with van der Waals surface area (Å²) in [4.78, 5) is 12.9. The van der Waals surface area contributed by atoms with Crippen LogP contribution in [-0.2, 0) is 0 Å². The number of carbonyl (C=O) groups excluding carboxylic acids is 1. The van der Waals surface area contributed by atoms with Crippen LogP contribution in [0.25, 0.3) is 0 Å². The second kappa shape index (κ2) is 4.29. The summed E-state index contributed by atoms with van der Waals surface area (Å²) in [6, 6.07) is 0. The summed E-state index contributed by atoms with van der Waals surface area (Å²) in [5.41, 5.74) is 0.327. The van der Waals surface area contributed by atoms with E-state index in [1.54, 1.807) is 14.0 Å². The monoisotopic (exact) mass is 201 g/mol. The molecule has 0 spiro atoms. The lowest BCUT2D eigenvalue weighted by Crippen LogP contribution is -2.33. The third-order valence-electron chi connectivity index (χ3n) is 1.47. The first-order chi connectivity index (χ1) is 6.11. The van der Waals surface area contributed by atoms with Crippen molar-refractivity contribution in [3.63, 3.8) is 0 Å². The first-order valence-electron chi connectivity index (χ1n) is 3.82. The molecule has 1 N–H and O–H groups in total. The van der Waals surface area contributed by atoms with E-state index in [2.05, 4.69) is 8.75 Å². The van der Waals surface area contributed by atoms with E-state index in [0.29, 0.717) is 12.2 Å². The summed E-state index contributed by atoms with van der Waals surface area (Å²) < 4.78 is 7.53. The number of rotatable bonds is 3. The van der Waals surface area contributed by atoms with Crippen molar-refractivity contribution in [2.24, 2.45) is 0 Å². The van der Waals surface area contributed by atoms with E-state index < -0.39 is 6.10 Å². The van der Waals surface area contributed by atoms with Gasteiger partial charge in [0.1, 0.15) is 0 Å². The Morgan fingerprint density at radius 2 is 2.54 bits per heavy atom. The average Bonchev–Trinajstić information content (AvgIpc) is 2.53. The number of aliphatic hydroxyl groups is 1. The highest BCUT2D eigenvalue weighted by atomic mass is 32.1. The van der Waals surface area contributed by atoms with Crippen LogP contribution in [0.5, 0.6) is 0 Å². The van der Waals surface area contributed by atoms with Crippen LogP contribution in [0.3, 0.4) is 0 Å². The van der Waals surface area contributed by atoms with E-state index in [4.69, 9.17) is 5.11 Å². The number of hydrogen-bond donors (Lipinski definition) is 1. The van der Waals surface area contributed by atoms with Gasteiger partial charge in [0.05, 0.1) is 24.0 Å². The minimum Gasteiger partial charge on any atom is -0.392 e. The molecule has 0 saturated heterocycles. The van der Waals surface area contributed by atoms with Gasteiger partial charge in [0.2, 0.25) is 0 Å². The second-order valence-corrected chi connectivity index (χ2v) is 3.38. The minimum atomic E-state index is -0.527. The smallest absolute Gasteiger partial charge is 0.275 e. The Balaban J connectivity index is 2.58. The van der Waals surface area contributed by atoms with Gasteiger partial charge in [-0.1, -0.05) is 0 Å². The second-order valence-electron chi connectivity index (χ2n) is 2.83. The molecule has 0 fully saturated rings. The molecule has 1 atom stereocenters. The Labute approximate surface area is 80.3 Å². The Kier molecular flexibility index (Phi) is 3.32. The van der Waals surface area contributed by atoms with Gasteiger partial charge in [0, 0.05) is 13.6 Å². The number of amides is 1. The normalized spacial score (nSPS) is 12.5. The lowest BCUT2D eigenvalue weighted by molar-refractivity contribution is 0.0699. The maximum Gasteiger partial charge on any atom is 0.275 e. The molecule has 0 radical (unpaired) electrons. The molecule has 1 rings (SSSR count). The maximum absolute atomic E-state index is 11.5. The third kappa shape index (κ3) is 2.74. The fraction of sp³-hybridized carbons (Fsp3) is 0.571. The van der Waals surface area contributed by atoms with E-state index in [9.17, 15) is 4.79 Å². The highest BCUT2D eigenvalue weighted by molar-refractivity contribution is 6.99. The number of likely N-dealkylation sites (N-methyl/N-ethyl adjacent to an activating group) is 1. The van der Waals surface area contributed by atoms with Crippen LogP contribution in [0, 0.1) is 0 Å². The molecule has 1 amide bonds. The molecule has 5 nitrogen and oxygen atoms in total. The quantitative estimate of drug-likeness (QED) is 0.747. The van der Waals surface area contributed by atoms with Crippen molar-refractivity contribution >= 4 is 17.6 Å². The zero-order valence-corrected chi connectivity index (χ0v) is 8.28. The Hall–Kier alpha value is -1.01. The molecule has 0 aliphatic heterocycles. The highest BCUT2D eigenvalue weighted by Crippen LogP contribution is 2.00. The highest BCUT2D eigenvalue weighted by Gasteiger charge is 2.15. The van der Waals surface area contributed by atoms with E-state index in [-0.39, 0.29) is 5.91 Å². The number of aliphatic hydroxyl groups excluding tert-OH is 1. The predicted molar refractivity (Wildman–Crippen MR) is 48.6 cm³/mol. The number of carbonyl (C=O) groups is 1. The summed E-state index contributed by atoms with van der Waals surface area (Å²) in [5.74, 6) is -0.213. The van der Waals surface area contributed by atoms with Crippen LogP contribution in [0.4, 0.5) is 0 Å². The van der Waals surface area contributed by atoms with E-state index in [0.717, 1.165) is 11.7 Å². The summed E-state index contributed by atoms with van der Waals surface area (Å²) in [6.07, 6.45) is 0.895. The summed E-state index contributed by atoms with van der Waals surface area (Å²) in [7, 11) is 1.62. The lowest BCUT2D eigenvalue weighted by atomic mass is 10.3. The largest absolute Gasteiger partial charge is 0.392 e. The average molecular weight is 201 g/mol. The van der Waals surface area contributed by atoms with Crippen LogP contribution in [-0.4, -0.2) is 44.4 Å². The zero-order valence-electron chi connectivity index (χ0n) is 7.47. The summed E-state index contributed by atoms with van der Waals surface area (Å²) in [5, 5.41) is 9.04. The maximum atomic E-state index is 11.5. The summed E-state index contributed by atoms with van der Waals surface area (Å²) in [6.45, 7) is 1.93. The van der Waals surface area contributed by atoms with E-state index >= 15 is 0 Å². The van der Waals surface area contributed by atoms with Gasteiger partial charge in [-0.3, -0.25) is 4.79 Å². The zero-order chi connectivity index (χ0) is 9.84. The van der Waals surface area contributed by atoms with Crippen LogP contribution < -0.4 is 0 Å². The van der Waals surface area contributed by atoms with Crippen LogP contribution in [0.15, 0.2) is 6.20 Å². The Bertz CT molecular complexity index is 273. The standard InChI is InChI=1S/C7H11N3O2S/c1-5(11)4-10(2)7(12)6-3-8-13-9-6/h3,5,11H,4H2,1-2H3. The molecule has 0 aliphatic rings. The van der Waals surface area contributed by atoms with Gasteiger partial charge in [-0.15, -0.1) is 0 Å². The molecular formula is C7H11N3O2S. The van der Waals surface area contributed by atoms with Gasteiger partial charge in [-0.25, -0.2) is 0 Å². The number of hydrogen-bond acceptors (Lipinski definition) is 5. The first kappa shape index (κ1) is 10.1. The molecule has 13 heavy (non-hydrogen) atoms. The van der Waals surface area contributed by atoms with Crippen molar-refractivity contribution in [3.8, 4) is 0 Å². The van der Waals surface area contributed by atoms with Gasteiger partial charge < -0.3 is 10.0 Å². The fourth-order valence-electron chi connectivity index (χ4n) is 0.934.